The number of amides is 1. The van der Waals surface area contributed by atoms with Crippen LogP contribution in [0.5, 0.6) is 0 Å². The number of carbonyl (C=O) groups is 1. The van der Waals surface area contributed by atoms with Gasteiger partial charge in [0.25, 0.3) is 5.91 Å². The monoisotopic (exact) mass is 150 g/mol. The fraction of sp³-hybridized carbons (Fsp3) is 0.167. The first-order valence-corrected chi connectivity index (χ1v) is 3.17. The third-order valence-electron chi connectivity index (χ3n) is 1.56. The number of allylic oxidation sites excluding steroid dienone is 1. The Morgan fingerprint density at radius 2 is 2.45 bits per heavy atom. The Kier molecular flexibility index (Phi) is 1.06. The third kappa shape index (κ3) is 0.813. The summed E-state index contributed by atoms with van der Waals surface area (Å²) < 4.78 is 0. The van der Waals surface area contributed by atoms with Crippen molar-refractivity contribution in [1.29, 1.82) is 0 Å². The number of fused-ring (bicyclic) bond motifs is 1. The number of nitrogens with two attached hydrogens (primary N) is 1. The normalized spacial score (nSPS) is 27.3. The summed E-state index contributed by atoms with van der Waals surface area (Å²) in [6.45, 7) is 0. The summed E-state index contributed by atoms with van der Waals surface area (Å²) in [4.78, 5) is 11.0. The molecule has 0 bridgehead atoms. The van der Waals surface area contributed by atoms with Crippen LogP contribution in [0.25, 0.3) is 0 Å². The second-order valence-electron chi connectivity index (χ2n) is 2.35. The smallest absolute Gasteiger partial charge is 0.274 e. The third-order valence-corrected chi connectivity index (χ3v) is 1.56. The predicted molar refractivity (Wildman–Crippen MR) is 39.8 cm³/mol. The Balaban J connectivity index is 2.42. The summed E-state index contributed by atoms with van der Waals surface area (Å²) in [6.07, 6.45) is 3.29. The lowest BCUT2D eigenvalue weighted by atomic mass is 10.0. The maximum atomic E-state index is 11.0. The van der Waals surface area contributed by atoms with Gasteiger partial charge in [0.1, 0.15) is 5.71 Å². The minimum Gasteiger partial charge on any atom is -0.385 e. The van der Waals surface area contributed by atoms with E-state index in [9.17, 15) is 4.79 Å². The van der Waals surface area contributed by atoms with Crippen LogP contribution in [-0.4, -0.2) is 17.8 Å². The van der Waals surface area contributed by atoms with E-state index in [0.29, 0.717) is 11.5 Å². The molecular formula is C6H6N4O. The quantitative estimate of drug-likeness (QED) is 0.463. The van der Waals surface area contributed by atoms with Crippen LogP contribution >= 0.6 is 0 Å². The summed E-state index contributed by atoms with van der Waals surface area (Å²) >= 11 is 0. The van der Waals surface area contributed by atoms with Gasteiger partial charge >= 0.3 is 0 Å². The Labute approximate surface area is 62.7 Å². The molecule has 2 aliphatic heterocycles. The van der Waals surface area contributed by atoms with Gasteiger partial charge in [-0.15, -0.1) is 5.10 Å². The van der Waals surface area contributed by atoms with Crippen molar-refractivity contribution >= 4 is 17.8 Å². The predicted octanol–water partition coefficient (Wildman–Crippen LogP) is -1.03. The molecule has 3 N–H and O–H groups in total. The number of hydrogen-bond donors (Lipinski definition) is 2. The zero-order chi connectivity index (χ0) is 7.84. The van der Waals surface area contributed by atoms with E-state index in [1.807, 2.05) is 0 Å². The molecule has 0 radical (unpaired) electrons. The molecule has 5 nitrogen and oxygen atoms in total. The largest absolute Gasteiger partial charge is 0.385 e. The zero-order valence-corrected chi connectivity index (χ0v) is 5.61. The number of rotatable bonds is 0. The van der Waals surface area contributed by atoms with Gasteiger partial charge in [0.15, 0.2) is 0 Å². The van der Waals surface area contributed by atoms with Gasteiger partial charge < -0.3 is 11.1 Å². The van der Waals surface area contributed by atoms with Crippen LogP contribution < -0.4 is 11.1 Å². The van der Waals surface area contributed by atoms with E-state index >= 15 is 0 Å². The maximum absolute atomic E-state index is 11.0. The van der Waals surface area contributed by atoms with Crippen molar-refractivity contribution in [1.82, 2.24) is 5.32 Å². The van der Waals surface area contributed by atoms with E-state index < -0.39 is 0 Å². The molecular weight excluding hydrogens is 144 g/mol. The summed E-state index contributed by atoms with van der Waals surface area (Å²) in [5, 5.41) is 9.70. The first-order valence-electron chi connectivity index (χ1n) is 3.17. The summed E-state index contributed by atoms with van der Waals surface area (Å²) in [6, 6.07) is 0. The Morgan fingerprint density at radius 1 is 1.64 bits per heavy atom. The van der Waals surface area contributed by atoms with E-state index in [1.165, 1.54) is 0 Å². The van der Waals surface area contributed by atoms with Crippen LogP contribution in [0.15, 0.2) is 22.1 Å². The molecule has 2 rings (SSSR count). The topological polar surface area (TPSA) is 79.8 Å². The summed E-state index contributed by atoms with van der Waals surface area (Å²) in [7, 11) is 0. The van der Waals surface area contributed by atoms with Crippen molar-refractivity contribution in [3.05, 3.63) is 11.9 Å². The van der Waals surface area contributed by atoms with Crippen LogP contribution in [0.1, 0.15) is 0 Å². The molecule has 0 aromatic heterocycles. The average Bonchev–Trinajstić information content (AvgIpc) is 2.34. The van der Waals surface area contributed by atoms with Crippen LogP contribution in [0.3, 0.4) is 0 Å². The molecule has 0 saturated heterocycles. The molecule has 5 heteroatoms. The van der Waals surface area contributed by atoms with Gasteiger partial charge in [-0.1, -0.05) is 0 Å². The Bertz CT molecular complexity index is 302. The first-order chi connectivity index (χ1) is 5.27. The molecule has 0 aromatic rings. The molecule has 1 amide bonds. The van der Waals surface area contributed by atoms with Gasteiger partial charge in [-0.05, 0) is 6.08 Å². The fourth-order valence-electron chi connectivity index (χ4n) is 1.05. The maximum Gasteiger partial charge on any atom is 0.274 e. The van der Waals surface area contributed by atoms with Gasteiger partial charge in [0.2, 0.25) is 0 Å². The average molecular weight is 150 g/mol. The fourth-order valence-corrected chi connectivity index (χ4v) is 1.05. The van der Waals surface area contributed by atoms with Gasteiger partial charge in [-0.3, -0.25) is 4.79 Å². The molecule has 0 fully saturated rings. The standard InChI is InChI=1S/C6H6N4O/c7-4-1-3-2-8-10-5(3)6(11)9-4/h1-3H,7H2,(H,9,11). The van der Waals surface area contributed by atoms with E-state index in [1.54, 1.807) is 12.3 Å². The van der Waals surface area contributed by atoms with Gasteiger partial charge in [0.05, 0.1) is 11.7 Å². The molecule has 0 aromatic carbocycles. The van der Waals surface area contributed by atoms with Crippen molar-refractivity contribution in [3.8, 4) is 0 Å². The Morgan fingerprint density at radius 3 is 3.27 bits per heavy atom. The lowest BCUT2D eigenvalue weighted by molar-refractivity contribution is -0.114. The van der Waals surface area contributed by atoms with E-state index in [0.717, 1.165) is 0 Å². The Hall–Kier alpha value is -1.65. The molecule has 0 aliphatic carbocycles. The first kappa shape index (κ1) is 6.09. The number of carbonyl (C=O) groups excluding carboxylic acids is 1. The van der Waals surface area contributed by atoms with Crippen LogP contribution in [0.2, 0.25) is 0 Å². The second kappa shape index (κ2) is 1.91. The molecule has 2 aliphatic rings. The van der Waals surface area contributed by atoms with E-state index in [-0.39, 0.29) is 11.8 Å². The van der Waals surface area contributed by atoms with Crippen molar-refractivity contribution in [3.63, 3.8) is 0 Å². The van der Waals surface area contributed by atoms with Crippen molar-refractivity contribution in [2.24, 2.45) is 21.9 Å². The highest BCUT2D eigenvalue weighted by Gasteiger charge is 2.27. The molecule has 11 heavy (non-hydrogen) atoms. The van der Waals surface area contributed by atoms with Crippen LogP contribution in [0, 0.1) is 5.92 Å². The highest BCUT2D eigenvalue weighted by molar-refractivity contribution is 6.44. The van der Waals surface area contributed by atoms with Gasteiger partial charge in [-0.25, -0.2) is 0 Å². The zero-order valence-electron chi connectivity index (χ0n) is 5.61. The second-order valence-corrected chi connectivity index (χ2v) is 2.35. The highest BCUT2D eigenvalue weighted by Crippen LogP contribution is 2.11. The van der Waals surface area contributed by atoms with E-state index in [2.05, 4.69) is 15.5 Å². The summed E-state index contributed by atoms with van der Waals surface area (Å²) in [5.41, 5.74) is 5.81. The van der Waals surface area contributed by atoms with Gasteiger partial charge in [-0.2, -0.15) is 5.10 Å². The van der Waals surface area contributed by atoms with Crippen LogP contribution in [-0.2, 0) is 4.79 Å². The molecule has 56 valence electrons. The minimum atomic E-state index is -0.257. The van der Waals surface area contributed by atoms with Crippen molar-refractivity contribution in [2.45, 2.75) is 0 Å². The number of hydrogen-bond acceptors (Lipinski definition) is 4. The number of nitrogens with zero attached hydrogens (tertiary/aromatic N) is 2. The van der Waals surface area contributed by atoms with Crippen molar-refractivity contribution in [2.75, 3.05) is 0 Å². The van der Waals surface area contributed by atoms with E-state index in [4.69, 9.17) is 5.73 Å². The minimum absolute atomic E-state index is 0.122. The lowest BCUT2D eigenvalue weighted by Gasteiger charge is -2.13. The van der Waals surface area contributed by atoms with Crippen LogP contribution in [0.4, 0.5) is 0 Å². The van der Waals surface area contributed by atoms with Gasteiger partial charge in [0, 0.05) is 6.21 Å². The molecule has 0 spiro atoms. The molecule has 2 heterocycles. The molecule has 1 unspecified atom stereocenters. The lowest BCUT2D eigenvalue weighted by Crippen LogP contribution is -2.40. The molecule has 1 atom stereocenters. The number of nitrogens with one attached hydrogen (secondary N) is 1. The molecule has 0 saturated carbocycles. The van der Waals surface area contributed by atoms with Crippen molar-refractivity contribution < 1.29 is 4.79 Å². The summed E-state index contributed by atoms with van der Waals surface area (Å²) in [5.74, 6) is -0.0106. The highest BCUT2D eigenvalue weighted by atomic mass is 16.2. The SMILES string of the molecule is NC1=CC2C=NN=C2C(=O)N1.